The van der Waals surface area contributed by atoms with Gasteiger partial charge in [-0.2, -0.15) is 18.3 Å². The Morgan fingerprint density at radius 1 is 0.864 bits per heavy atom. The minimum absolute atomic E-state index is 0.266. The minimum Gasteiger partial charge on any atom is -0.322 e. The van der Waals surface area contributed by atoms with E-state index in [0.29, 0.717) is 38.3 Å². The van der Waals surface area contributed by atoms with Crippen LogP contribution in [0.25, 0.3) is 0 Å². The number of nitrogens with one attached hydrogen (secondary N) is 2. The molecule has 0 heterocycles. The van der Waals surface area contributed by atoms with Crippen LogP contribution in [0.1, 0.15) is 28.4 Å². The fourth-order valence-electron chi connectivity index (χ4n) is 3.93. The van der Waals surface area contributed by atoms with E-state index < -0.39 is 45.8 Å². The molecule has 0 aliphatic rings. The zero-order chi connectivity index (χ0) is 32.1. The number of sulfonamides is 1. The molecule has 2 amide bonds. The molecule has 0 bridgehead atoms. The van der Waals surface area contributed by atoms with Crippen molar-refractivity contribution in [2.75, 3.05) is 16.2 Å². The molecule has 0 unspecified atom stereocenters. The molecule has 8 nitrogen and oxygen atoms in total. The number of carbonyl (C=O) groups excluding carboxylic acids is 2. The Morgan fingerprint density at radius 2 is 1.55 bits per heavy atom. The lowest BCUT2D eigenvalue weighted by Gasteiger charge is -2.25. The molecule has 0 aliphatic heterocycles. The molecule has 0 atom stereocenters. The average Bonchev–Trinajstić information content (AvgIpc) is 2.99. The number of nitrogens with zero attached hydrogens (tertiary/aromatic N) is 2. The first-order chi connectivity index (χ1) is 20.8. The quantitative estimate of drug-likeness (QED) is 0.149. The molecule has 2 N–H and O–H groups in total. The maximum absolute atomic E-state index is 13.5. The Hall–Kier alpha value is -4.39. The van der Waals surface area contributed by atoms with Gasteiger partial charge in [-0.1, -0.05) is 59.6 Å². The Labute approximate surface area is 261 Å². The van der Waals surface area contributed by atoms with Crippen molar-refractivity contribution in [3.05, 3.63) is 124 Å². The van der Waals surface area contributed by atoms with Crippen LogP contribution < -0.4 is 15.0 Å². The first-order valence-corrected chi connectivity index (χ1v) is 14.9. The Kier molecular flexibility index (Phi) is 9.98. The average molecular weight is 664 g/mol. The molecule has 0 saturated heterocycles. The molecule has 4 aromatic rings. The number of hydrazone groups is 1. The van der Waals surface area contributed by atoms with Crippen LogP contribution in [0.5, 0.6) is 0 Å². The van der Waals surface area contributed by atoms with Crippen molar-refractivity contribution >= 4 is 62.1 Å². The number of benzene rings is 4. The van der Waals surface area contributed by atoms with Crippen LogP contribution in [0.15, 0.2) is 107 Å². The first kappa shape index (κ1) is 32.5. The largest absolute Gasteiger partial charge is 0.416 e. The standard InChI is InChI=1S/C30H23Cl2F3N4O4S/c1-19(20-7-6-10-24(16-20)36-29(41)21-8-5-9-23(31)15-21)37-38-28(40)18-39(44(42,43)25-11-3-2-4-12-25)27-17-22(30(33,34)35)13-14-26(27)32/h2-17H,18H2,1H3,(H,36,41)(H,38,40)/b37-19-. The van der Waals surface area contributed by atoms with E-state index in [0.717, 1.165) is 6.07 Å². The summed E-state index contributed by atoms with van der Waals surface area (Å²) < 4.78 is 68.0. The Morgan fingerprint density at radius 3 is 2.23 bits per heavy atom. The van der Waals surface area contributed by atoms with Gasteiger partial charge in [0.2, 0.25) is 0 Å². The SMILES string of the molecule is C/C(=N/NC(=O)CN(c1cc(C(F)(F)F)ccc1Cl)S(=O)(=O)c1ccccc1)c1cccc(NC(=O)c2cccc(Cl)c2)c1. The number of amides is 2. The molecule has 0 aromatic heterocycles. The van der Waals surface area contributed by atoms with Gasteiger partial charge in [0.05, 0.1) is 26.9 Å². The summed E-state index contributed by atoms with van der Waals surface area (Å²) in [6.07, 6.45) is -4.80. The van der Waals surface area contributed by atoms with E-state index in [1.165, 1.54) is 30.3 Å². The van der Waals surface area contributed by atoms with E-state index in [-0.39, 0.29) is 15.6 Å². The summed E-state index contributed by atoms with van der Waals surface area (Å²) in [5.41, 5.74) is 2.10. The molecule has 4 rings (SSSR count). The molecule has 44 heavy (non-hydrogen) atoms. The number of hydrogen-bond acceptors (Lipinski definition) is 5. The maximum Gasteiger partial charge on any atom is 0.416 e. The van der Waals surface area contributed by atoms with Gasteiger partial charge in [0.15, 0.2) is 0 Å². The van der Waals surface area contributed by atoms with E-state index in [1.54, 1.807) is 55.5 Å². The highest BCUT2D eigenvalue weighted by Gasteiger charge is 2.34. The molecule has 228 valence electrons. The van der Waals surface area contributed by atoms with Gasteiger partial charge < -0.3 is 5.32 Å². The molecule has 4 aromatic carbocycles. The molecule has 0 radical (unpaired) electrons. The molecule has 0 spiro atoms. The number of alkyl halides is 3. The van der Waals surface area contributed by atoms with Gasteiger partial charge in [-0.05, 0) is 73.2 Å². The van der Waals surface area contributed by atoms with Crippen molar-refractivity contribution in [2.24, 2.45) is 5.10 Å². The minimum atomic E-state index is -4.80. The third-order valence-corrected chi connectivity index (χ3v) is 8.46. The normalized spacial score (nSPS) is 12.0. The second kappa shape index (κ2) is 13.5. The summed E-state index contributed by atoms with van der Waals surface area (Å²) in [4.78, 5) is 25.3. The third kappa shape index (κ3) is 7.95. The second-order valence-electron chi connectivity index (χ2n) is 9.27. The maximum atomic E-state index is 13.5. The van der Waals surface area contributed by atoms with Crippen LogP contribution in [-0.4, -0.2) is 32.5 Å². The van der Waals surface area contributed by atoms with Gasteiger partial charge in [-0.15, -0.1) is 0 Å². The fourth-order valence-corrected chi connectivity index (χ4v) is 5.84. The topological polar surface area (TPSA) is 108 Å². The highest BCUT2D eigenvalue weighted by atomic mass is 35.5. The van der Waals surface area contributed by atoms with Gasteiger partial charge in [0.1, 0.15) is 6.54 Å². The monoisotopic (exact) mass is 662 g/mol. The zero-order valence-electron chi connectivity index (χ0n) is 22.8. The smallest absolute Gasteiger partial charge is 0.322 e. The van der Waals surface area contributed by atoms with E-state index in [2.05, 4.69) is 15.8 Å². The van der Waals surface area contributed by atoms with E-state index in [1.807, 2.05) is 0 Å². The summed E-state index contributed by atoms with van der Waals surface area (Å²) in [7, 11) is -4.54. The van der Waals surface area contributed by atoms with E-state index in [9.17, 15) is 31.2 Å². The highest BCUT2D eigenvalue weighted by Crippen LogP contribution is 2.37. The molecule has 0 saturated carbocycles. The lowest BCUT2D eigenvalue weighted by molar-refractivity contribution is -0.137. The van der Waals surface area contributed by atoms with Gasteiger partial charge in [0, 0.05) is 16.3 Å². The molecule has 14 heteroatoms. The van der Waals surface area contributed by atoms with Crippen LogP contribution in [0, 0.1) is 0 Å². The molecule has 0 aliphatic carbocycles. The summed E-state index contributed by atoms with van der Waals surface area (Å²) >= 11 is 12.1. The van der Waals surface area contributed by atoms with E-state index in [4.69, 9.17) is 23.2 Å². The van der Waals surface area contributed by atoms with Gasteiger partial charge >= 0.3 is 6.18 Å². The summed E-state index contributed by atoms with van der Waals surface area (Å²) in [5, 5.41) is 6.83. The lowest BCUT2D eigenvalue weighted by Crippen LogP contribution is -2.40. The third-order valence-electron chi connectivity index (χ3n) is 6.13. The Bertz CT molecular complexity index is 1840. The van der Waals surface area contributed by atoms with Crippen molar-refractivity contribution in [1.29, 1.82) is 0 Å². The van der Waals surface area contributed by atoms with Gasteiger partial charge in [-0.25, -0.2) is 13.8 Å². The fraction of sp³-hybridized carbons (Fsp3) is 0.100. The number of hydrogen-bond donors (Lipinski definition) is 2. The summed E-state index contributed by atoms with van der Waals surface area (Å²) in [6.45, 7) is 0.616. The van der Waals surface area contributed by atoms with Crippen LogP contribution in [0.3, 0.4) is 0 Å². The second-order valence-corrected chi connectivity index (χ2v) is 12.0. The van der Waals surface area contributed by atoms with Crippen LogP contribution in [0.4, 0.5) is 24.5 Å². The summed E-state index contributed by atoms with van der Waals surface area (Å²) in [5.74, 6) is -1.36. The number of halogens is 5. The Balaban J connectivity index is 1.57. The molecular formula is C30H23Cl2F3N4O4S. The number of anilines is 2. The van der Waals surface area contributed by atoms with Crippen LogP contribution >= 0.6 is 23.2 Å². The predicted molar refractivity (Wildman–Crippen MR) is 164 cm³/mol. The first-order valence-electron chi connectivity index (χ1n) is 12.7. The van der Waals surface area contributed by atoms with Crippen LogP contribution in [0.2, 0.25) is 10.0 Å². The van der Waals surface area contributed by atoms with Crippen molar-refractivity contribution in [3.63, 3.8) is 0 Å². The van der Waals surface area contributed by atoms with Crippen LogP contribution in [-0.2, 0) is 21.0 Å². The van der Waals surface area contributed by atoms with Crippen molar-refractivity contribution in [2.45, 2.75) is 18.0 Å². The van der Waals surface area contributed by atoms with Crippen molar-refractivity contribution in [1.82, 2.24) is 5.43 Å². The highest BCUT2D eigenvalue weighted by molar-refractivity contribution is 7.92. The number of rotatable bonds is 9. The van der Waals surface area contributed by atoms with Gasteiger partial charge in [-0.3, -0.25) is 13.9 Å². The van der Waals surface area contributed by atoms with Crippen molar-refractivity contribution < 1.29 is 31.2 Å². The van der Waals surface area contributed by atoms with Gasteiger partial charge in [0.25, 0.3) is 21.8 Å². The van der Waals surface area contributed by atoms with Crippen molar-refractivity contribution in [3.8, 4) is 0 Å². The summed E-state index contributed by atoms with van der Waals surface area (Å²) in [6, 6.07) is 22.0. The number of carbonyl (C=O) groups is 2. The molecule has 0 fully saturated rings. The predicted octanol–water partition coefficient (Wildman–Crippen LogP) is 7.00. The lowest BCUT2D eigenvalue weighted by atomic mass is 10.1. The zero-order valence-corrected chi connectivity index (χ0v) is 25.1. The van der Waals surface area contributed by atoms with E-state index >= 15 is 0 Å². The molecular weight excluding hydrogens is 640 g/mol.